The summed E-state index contributed by atoms with van der Waals surface area (Å²) in [6.45, 7) is 4.34. The summed E-state index contributed by atoms with van der Waals surface area (Å²) >= 11 is 0. The van der Waals surface area contributed by atoms with Crippen molar-refractivity contribution in [1.29, 1.82) is 0 Å². The molecule has 1 aromatic heterocycles. The predicted molar refractivity (Wildman–Crippen MR) is 78.2 cm³/mol. The summed E-state index contributed by atoms with van der Waals surface area (Å²) < 4.78 is 0. The van der Waals surface area contributed by atoms with Gasteiger partial charge in [0.2, 0.25) is 0 Å². The highest BCUT2D eigenvalue weighted by Crippen LogP contribution is 2.27. The maximum Gasteiger partial charge on any atom is 0.127 e. The van der Waals surface area contributed by atoms with Crippen molar-refractivity contribution in [2.75, 3.05) is 30.4 Å². The van der Waals surface area contributed by atoms with Gasteiger partial charge in [-0.05, 0) is 31.2 Å². The van der Waals surface area contributed by atoms with Gasteiger partial charge in [0.15, 0.2) is 0 Å². The highest BCUT2D eigenvalue weighted by molar-refractivity contribution is 5.53. The van der Waals surface area contributed by atoms with Gasteiger partial charge in [-0.1, -0.05) is 19.8 Å². The minimum Gasteiger partial charge on any atom is -0.374 e. The lowest BCUT2D eigenvalue weighted by Crippen LogP contribution is -2.24. The van der Waals surface area contributed by atoms with E-state index in [2.05, 4.69) is 41.3 Å². The topological polar surface area (TPSA) is 28.2 Å². The van der Waals surface area contributed by atoms with Crippen molar-refractivity contribution in [3.05, 3.63) is 18.3 Å². The number of nitrogens with one attached hydrogen (secondary N) is 1. The Labute approximate surface area is 111 Å². The lowest BCUT2D eigenvalue weighted by atomic mass is 10.1. The molecule has 0 aliphatic heterocycles. The molecule has 3 heteroatoms. The SMILES string of the molecule is CCCNc1cc(N(C)CC2CCCC2)ccn1. The third-order valence-corrected chi connectivity index (χ3v) is 3.75. The molecule has 1 aliphatic carbocycles. The van der Waals surface area contributed by atoms with E-state index < -0.39 is 0 Å². The monoisotopic (exact) mass is 247 g/mol. The van der Waals surface area contributed by atoms with Crippen LogP contribution < -0.4 is 10.2 Å². The van der Waals surface area contributed by atoms with Crippen LogP contribution in [-0.4, -0.2) is 25.1 Å². The predicted octanol–water partition coefficient (Wildman–Crippen LogP) is 3.53. The second kappa shape index (κ2) is 6.62. The van der Waals surface area contributed by atoms with Gasteiger partial charge in [0, 0.05) is 38.1 Å². The molecule has 1 N–H and O–H groups in total. The Hall–Kier alpha value is -1.25. The molecule has 0 saturated heterocycles. The lowest BCUT2D eigenvalue weighted by molar-refractivity contribution is 0.547. The Balaban J connectivity index is 1.93. The maximum absolute atomic E-state index is 4.35. The molecule has 1 fully saturated rings. The summed E-state index contributed by atoms with van der Waals surface area (Å²) in [6.07, 6.45) is 8.66. The van der Waals surface area contributed by atoms with Gasteiger partial charge in [-0.3, -0.25) is 0 Å². The fourth-order valence-corrected chi connectivity index (χ4v) is 2.69. The Morgan fingerprint density at radius 3 is 2.89 bits per heavy atom. The zero-order valence-corrected chi connectivity index (χ0v) is 11.7. The number of hydrogen-bond donors (Lipinski definition) is 1. The number of anilines is 2. The van der Waals surface area contributed by atoms with E-state index in [-0.39, 0.29) is 0 Å². The van der Waals surface area contributed by atoms with Crippen LogP contribution in [0.5, 0.6) is 0 Å². The van der Waals surface area contributed by atoms with E-state index in [4.69, 9.17) is 0 Å². The van der Waals surface area contributed by atoms with E-state index in [1.807, 2.05) is 6.20 Å². The highest BCUT2D eigenvalue weighted by atomic mass is 15.1. The van der Waals surface area contributed by atoms with Crippen LogP contribution in [0.3, 0.4) is 0 Å². The summed E-state index contributed by atoms with van der Waals surface area (Å²) in [6, 6.07) is 4.26. The van der Waals surface area contributed by atoms with E-state index in [1.54, 1.807) is 0 Å². The smallest absolute Gasteiger partial charge is 0.127 e. The van der Waals surface area contributed by atoms with Crippen molar-refractivity contribution in [2.24, 2.45) is 5.92 Å². The normalized spacial score (nSPS) is 15.9. The van der Waals surface area contributed by atoms with Gasteiger partial charge in [-0.2, -0.15) is 0 Å². The van der Waals surface area contributed by atoms with Crippen LogP contribution in [-0.2, 0) is 0 Å². The molecular formula is C15H25N3. The number of nitrogens with zero attached hydrogens (tertiary/aromatic N) is 2. The molecule has 1 aliphatic rings. The summed E-state index contributed by atoms with van der Waals surface area (Å²) in [5.74, 6) is 1.88. The Morgan fingerprint density at radius 1 is 1.39 bits per heavy atom. The third kappa shape index (κ3) is 3.62. The van der Waals surface area contributed by atoms with Crippen molar-refractivity contribution in [3.8, 4) is 0 Å². The number of rotatable bonds is 6. The van der Waals surface area contributed by atoms with Crippen LogP contribution in [0.15, 0.2) is 18.3 Å². The van der Waals surface area contributed by atoms with E-state index in [0.717, 1.165) is 24.7 Å². The molecule has 0 aromatic carbocycles. The van der Waals surface area contributed by atoms with Gasteiger partial charge >= 0.3 is 0 Å². The quantitative estimate of drug-likeness (QED) is 0.833. The maximum atomic E-state index is 4.35. The number of pyridine rings is 1. The molecule has 3 nitrogen and oxygen atoms in total. The second-order valence-electron chi connectivity index (χ2n) is 5.36. The van der Waals surface area contributed by atoms with Gasteiger partial charge in [0.05, 0.1) is 0 Å². The first kappa shape index (κ1) is 13.2. The summed E-state index contributed by atoms with van der Waals surface area (Å²) in [7, 11) is 2.19. The average molecular weight is 247 g/mol. The third-order valence-electron chi connectivity index (χ3n) is 3.75. The van der Waals surface area contributed by atoms with Crippen LogP contribution in [0.4, 0.5) is 11.5 Å². The minimum atomic E-state index is 0.884. The van der Waals surface area contributed by atoms with Gasteiger partial charge in [0.25, 0.3) is 0 Å². The molecule has 0 radical (unpaired) electrons. The first-order valence-electron chi connectivity index (χ1n) is 7.20. The minimum absolute atomic E-state index is 0.884. The zero-order chi connectivity index (χ0) is 12.8. The van der Waals surface area contributed by atoms with Crippen molar-refractivity contribution < 1.29 is 0 Å². The molecule has 18 heavy (non-hydrogen) atoms. The van der Waals surface area contributed by atoms with Crippen LogP contribution in [0.1, 0.15) is 39.0 Å². The van der Waals surface area contributed by atoms with Gasteiger partial charge in [0.1, 0.15) is 5.82 Å². The van der Waals surface area contributed by atoms with Gasteiger partial charge in [-0.15, -0.1) is 0 Å². The number of aromatic nitrogens is 1. The van der Waals surface area contributed by atoms with Gasteiger partial charge < -0.3 is 10.2 Å². The lowest BCUT2D eigenvalue weighted by Gasteiger charge is -2.23. The Kier molecular flexibility index (Phi) is 4.85. The molecule has 2 rings (SSSR count). The molecule has 0 amide bonds. The molecule has 0 atom stereocenters. The molecule has 100 valence electrons. The first-order chi connectivity index (χ1) is 8.79. The van der Waals surface area contributed by atoms with Crippen LogP contribution in [0, 0.1) is 5.92 Å². The summed E-state index contributed by atoms with van der Waals surface area (Å²) in [5, 5.41) is 3.35. The zero-order valence-electron chi connectivity index (χ0n) is 11.7. The van der Waals surface area contributed by atoms with E-state index in [1.165, 1.54) is 37.9 Å². The molecule has 1 saturated carbocycles. The van der Waals surface area contributed by atoms with Crippen LogP contribution in [0.2, 0.25) is 0 Å². The standard InChI is InChI=1S/C15H25N3/c1-3-9-16-15-11-14(8-10-17-15)18(2)12-13-6-4-5-7-13/h8,10-11,13H,3-7,9,12H2,1-2H3,(H,16,17). The molecular weight excluding hydrogens is 222 g/mol. The van der Waals surface area contributed by atoms with Gasteiger partial charge in [-0.25, -0.2) is 4.98 Å². The van der Waals surface area contributed by atoms with Crippen molar-refractivity contribution in [3.63, 3.8) is 0 Å². The molecule has 1 aromatic rings. The van der Waals surface area contributed by atoms with Crippen LogP contribution in [0.25, 0.3) is 0 Å². The summed E-state index contributed by atoms with van der Waals surface area (Å²) in [5.41, 5.74) is 1.27. The Morgan fingerprint density at radius 2 is 2.17 bits per heavy atom. The Bertz CT molecular complexity index is 359. The van der Waals surface area contributed by atoms with E-state index in [9.17, 15) is 0 Å². The molecule has 1 heterocycles. The largest absolute Gasteiger partial charge is 0.374 e. The van der Waals surface area contributed by atoms with Crippen molar-refractivity contribution in [2.45, 2.75) is 39.0 Å². The number of hydrogen-bond acceptors (Lipinski definition) is 3. The van der Waals surface area contributed by atoms with Crippen molar-refractivity contribution >= 4 is 11.5 Å². The second-order valence-corrected chi connectivity index (χ2v) is 5.36. The molecule has 0 unspecified atom stereocenters. The summed E-state index contributed by atoms with van der Waals surface area (Å²) in [4.78, 5) is 6.72. The van der Waals surface area contributed by atoms with Crippen LogP contribution >= 0.6 is 0 Å². The van der Waals surface area contributed by atoms with E-state index in [0.29, 0.717) is 0 Å². The van der Waals surface area contributed by atoms with E-state index >= 15 is 0 Å². The first-order valence-corrected chi connectivity index (χ1v) is 7.20. The fourth-order valence-electron chi connectivity index (χ4n) is 2.69. The van der Waals surface area contributed by atoms with Crippen molar-refractivity contribution in [1.82, 2.24) is 4.98 Å². The molecule has 0 bridgehead atoms. The molecule has 0 spiro atoms. The fraction of sp³-hybridized carbons (Fsp3) is 0.667. The average Bonchev–Trinajstić information content (AvgIpc) is 2.89. The highest BCUT2D eigenvalue weighted by Gasteiger charge is 2.17.